The van der Waals surface area contributed by atoms with E-state index in [2.05, 4.69) is 11.4 Å². The molecule has 1 N–H and O–H groups in total. The minimum absolute atomic E-state index is 0.133. The maximum atomic E-state index is 12.4. The summed E-state index contributed by atoms with van der Waals surface area (Å²) in [6, 6.07) is 5.81. The van der Waals surface area contributed by atoms with Crippen molar-refractivity contribution in [3.63, 3.8) is 0 Å². The molecule has 160 valence electrons. The van der Waals surface area contributed by atoms with Crippen LogP contribution in [0, 0.1) is 25.2 Å². The van der Waals surface area contributed by atoms with Crippen LogP contribution in [-0.2, 0) is 11.3 Å². The van der Waals surface area contributed by atoms with Gasteiger partial charge in [-0.25, -0.2) is 0 Å². The normalized spacial score (nSPS) is 16.3. The predicted octanol–water partition coefficient (Wildman–Crippen LogP) is 4.02. The monoisotopic (exact) mass is 411 g/mol. The molecule has 1 aromatic rings. The van der Waals surface area contributed by atoms with E-state index in [1.807, 2.05) is 4.90 Å². The van der Waals surface area contributed by atoms with Gasteiger partial charge in [-0.1, -0.05) is 31.4 Å². The Balaban J connectivity index is 1.95. The van der Waals surface area contributed by atoms with Gasteiger partial charge in [0, 0.05) is 6.54 Å². The highest BCUT2D eigenvalue weighted by atomic mass is 19.4. The van der Waals surface area contributed by atoms with Crippen LogP contribution in [0.2, 0.25) is 0 Å². The van der Waals surface area contributed by atoms with E-state index in [1.54, 1.807) is 33.0 Å². The van der Waals surface area contributed by atoms with Gasteiger partial charge in [0.05, 0.1) is 12.6 Å². The van der Waals surface area contributed by atoms with E-state index >= 15 is 0 Å². The number of nitrogens with one attached hydrogen (secondary N) is 1. The number of alkyl halides is 3. The Morgan fingerprint density at radius 2 is 1.83 bits per heavy atom. The number of amides is 1. The van der Waals surface area contributed by atoms with Gasteiger partial charge in [0.15, 0.2) is 6.61 Å². The average molecular weight is 411 g/mol. The number of nitriles is 1. The van der Waals surface area contributed by atoms with Crippen LogP contribution in [0.5, 0.6) is 5.75 Å². The van der Waals surface area contributed by atoms with Gasteiger partial charge >= 0.3 is 6.18 Å². The summed E-state index contributed by atoms with van der Waals surface area (Å²) in [6.45, 7) is 2.67. The fourth-order valence-electron chi connectivity index (χ4n) is 3.85. The molecule has 1 aromatic carbocycles. The first-order valence-corrected chi connectivity index (χ1v) is 9.74. The highest BCUT2D eigenvalue weighted by Gasteiger charge is 2.33. The Labute approximate surface area is 169 Å². The van der Waals surface area contributed by atoms with Crippen molar-refractivity contribution in [2.45, 2.75) is 64.2 Å². The second kappa shape index (κ2) is 9.49. The van der Waals surface area contributed by atoms with Crippen molar-refractivity contribution in [2.24, 2.45) is 0 Å². The molecule has 1 amide bonds. The molecule has 1 fully saturated rings. The first kappa shape index (κ1) is 23.0. The van der Waals surface area contributed by atoms with Crippen LogP contribution in [0.1, 0.15) is 48.8 Å². The second-order valence-electron chi connectivity index (χ2n) is 7.94. The number of aryl methyl sites for hydroxylation is 2. The van der Waals surface area contributed by atoms with Gasteiger partial charge in [0.1, 0.15) is 11.3 Å². The molecule has 0 radical (unpaired) electrons. The molecule has 0 unspecified atom stereocenters. The molecule has 0 bridgehead atoms. The van der Waals surface area contributed by atoms with E-state index in [0.717, 1.165) is 24.8 Å². The molecule has 29 heavy (non-hydrogen) atoms. The Hall–Kier alpha value is -2.27. The molecule has 0 atom stereocenters. The lowest BCUT2D eigenvalue weighted by molar-refractivity contribution is -0.153. The van der Waals surface area contributed by atoms with Crippen LogP contribution in [0.15, 0.2) is 12.1 Å². The molecule has 0 aliphatic heterocycles. The van der Waals surface area contributed by atoms with Crippen molar-refractivity contribution >= 4 is 5.91 Å². The Bertz CT molecular complexity index is 742. The summed E-state index contributed by atoms with van der Waals surface area (Å²) in [5, 5.41) is 12.4. The number of halogens is 3. The second-order valence-corrected chi connectivity index (χ2v) is 7.94. The fourth-order valence-corrected chi connectivity index (χ4v) is 3.85. The van der Waals surface area contributed by atoms with E-state index in [1.165, 1.54) is 0 Å². The number of carbonyl (C=O) groups is 1. The summed E-state index contributed by atoms with van der Waals surface area (Å²) in [5.74, 6) is 0.0363. The van der Waals surface area contributed by atoms with Gasteiger partial charge < -0.3 is 10.1 Å². The Kier molecular flexibility index (Phi) is 7.53. The summed E-state index contributed by atoms with van der Waals surface area (Å²) in [4.78, 5) is 14.2. The predicted molar refractivity (Wildman–Crippen MR) is 103 cm³/mol. The third-order valence-electron chi connectivity index (χ3n) is 5.07. The zero-order chi connectivity index (χ0) is 21.7. The highest BCUT2D eigenvalue weighted by Crippen LogP contribution is 2.28. The molecular weight excluding hydrogens is 383 g/mol. The number of benzene rings is 1. The Morgan fingerprint density at radius 3 is 2.34 bits per heavy atom. The highest BCUT2D eigenvalue weighted by molar-refractivity contribution is 5.79. The maximum absolute atomic E-state index is 12.4. The van der Waals surface area contributed by atoms with Crippen molar-refractivity contribution in [3.05, 3.63) is 28.8 Å². The topological polar surface area (TPSA) is 65.4 Å². The van der Waals surface area contributed by atoms with Crippen LogP contribution in [0.3, 0.4) is 0 Å². The standard InChI is InChI=1S/C21H28F3N3O2/c1-15-9-17(10-16(2)19(15)29-14-21(22,23)24)11-27(3)12-18(28)26-20(13-25)7-5-4-6-8-20/h9-10H,4-8,11-12,14H2,1-3H3,(H,26,28). The van der Waals surface area contributed by atoms with Crippen LogP contribution in [-0.4, -0.2) is 42.7 Å². The third-order valence-corrected chi connectivity index (χ3v) is 5.07. The lowest BCUT2D eigenvalue weighted by Gasteiger charge is -2.32. The summed E-state index contributed by atoms with van der Waals surface area (Å²) >= 11 is 0. The van der Waals surface area contributed by atoms with Crippen LogP contribution in [0.25, 0.3) is 0 Å². The number of likely N-dealkylation sites (N-methyl/N-ethyl adjacent to an activating group) is 1. The van der Waals surface area contributed by atoms with Gasteiger partial charge in [0.25, 0.3) is 0 Å². The molecule has 1 aliphatic carbocycles. The molecule has 1 saturated carbocycles. The number of hydrogen-bond donors (Lipinski definition) is 1. The van der Waals surface area contributed by atoms with E-state index < -0.39 is 18.3 Å². The molecule has 0 saturated heterocycles. The van der Waals surface area contributed by atoms with Gasteiger partial charge in [-0.3, -0.25) is 9.69 Å². The third kappa shape index (κ3) is 6.93. The van der Waals surface area contributed by atoms with E-state index in [-0.39, 0.29) is 18.2 Å². The zero-order valence-electron chi connectivity index (χ0n) is 17.2. The number of rotatable bonds is 7. The maximum Gasteiger partial charge on any atom is 0.422 e. The SMILES string of the molecule is Cc1cc(CN(C)CC(=O)NC2(C#N)CCCCC2)cc(C)c1OCC(F)(F)F. The smallest absolute Gasteiger partial charge is 0.422 e. The van der Waals surface area contributed by atoms with Crippen molar-refractivity contribution in [3.8, 4) is 11.8 Å². The van der Waals surface area contributed by atoms with Crippen molar-refractivity contribution in [1.29, 1.82) is 5.26 Å². The summed E-state index contributed by atoms with van der Waals surface area (Å²) in [5.41, 5.74) is 1.35. The van der Waals surface area contributed by atoms with E-state index in [9.17, 15) is 23.2 Å². The number of ether oxygens (including phenoxy) is 1. The first-order valence-electron chi connectivity index (χ1n) is 9.74. The van der Waals surface area contributed by atoms with Crippen LogP contribution < -0.4 is 10.1 Å². The van der Waals surface area contributed by atoms with Crippen LogP contribution >= 0.6 is 0 Å². The summed E-state index contributed by atoms with van der Waals surface area (Å²) in [6.07, 6.45) is -0.0751. The number of hydrogen-bond acceptors (Lipinski definition) is 4. The zero-order valence-corrected chi connectivity index (χ0v) is 17.2. The lowest BCUT2D eigenvalue weighted by Crippen LogP contribution is -2.51. The largest absolute Gasteiger partial charge is 0.484 e. The lowest BCUT2D eigenvalue weighted by atomic mass is 9.83. The van der Waals surface area contributed by atoms with Crippen molar-refractivity contribution in [1.82, 2.24) is 10.2 Å². The first-order chi connectivity index (χ1) is 13.5. The van der Waals surface area contributed by atoms with Gasteiger partial charge in [-0.2, -0.15) is 18.4 Å². The quantitative estimate of drug-likeness (QED) is 0.736. The number of nitrogens with zero attached hydrogens (tertiary/aromatic N) is 2. The minimum Gasteiger partial charge on any atom is -0.484 e. The molecule has 0 spiro atoms. The molecule has 5 nitrogen and oxygen atoms in total. The molecule has 1 aliphatic rings. The van der Waals surface area contributed by atoms with Gasteiger partial charge in [-0.15, -0.1) is 0 Å². The Morgan fingerprint density at radius 1 is 1.24 bits per heavy atom. The van der Waals surface area contributed by atoms with E-state index in [4.69, 9.17) is 4.74 Å². The minimum atomic E-state index is -4.38. The van der Waals surface area contributed by atoms with Crippen molar-refractivity contribution in [2.75, 3.05) is 20.2 Å². The van der Waals surface area contributed by atoms with Crippen molar-refractivity contribution < 1.29 is 22.7 Å². The molecule has 0 heterocycles. The van der Waals surface area contributed by atoms with Gasteiger partial charge in [0.2, 0.25) is 5.91 Å². The summed E-state index contributed by atoms with van der Waals surface area (Å²) in [7, 11) is 1.79. The molecule has 0 aromatic heterocycles. The molecular formula is C21H28F3N3O2. The van der Waals surface area contributed by atoms with E-state index in [0.29, 0.717) is 30.5 Å². The molecule has 2 rings (SSSR count). The fraction of sp³-hybridized carbons (Fsp3) is 0.619. The number of carbonyl (C=O) groups excluding carboxylic acids is 1. The average Bonchev–Trinajstić information content (AvgIpc) is 2.60. The van der Waals surface area contributed by atoms with Gasteiger partial charge in [-0.05, 0) is 50.4 Å². The molecule has 8 heteroatoms. The summed E-state index contributed by atoms with van der Waals surface area (Å²) < 4.78 is 42.2. The van der Waals surface area contributed by atoms with Crippen LogP contribution in [0.4, 0.5) is 13.2 Å².